The van der Waals surface area contributed by atoms with Crippen LogP contribution in [0.25, 0.3) is 10.9 Å². The number of nitrogens with two attached hydrogens (primary N) is 1. The van der Waals surface area contributed by atoms with Crippen molar-refractivity contribution >= 4 is 67.6 Å². The first-order valence-electron chi connectivity index (χ1n) is 12.9. The van der Waals surface area contributed by atoms with Gasteiger partial charge in [0, 0.05) is 54.9 Å². The Labute approximate surface area is 249 Å². The summed E-state index contributed by atoms with van der Waals surface area (Å²) in [4.78, 5) is 60.6. The molecule has 2 atom stereocenters. The van der Waals surface area contributed by atoms with Gasteiger partial charge in [-0.15, -0.1) is 11.3 Å². The number of likely N-dealkylation sites (N-methyl/N-ethyl adjacent to an activating group) is 1. The van der Waals surface area contributed by atoms with Crippen molar-refractivity contribution in [3.05, 3.63) is 44.9 Å². The van der Waals surface area contributed by atoms with Crippen LogP contribution in [0.15, 0.2) is 29.3 Å². The number of H-pyrrole nitrogens is 1. The number of amides is 3. The molecule has 14 nitrogen and oxygen atoms in total. The van der Waals surface area contributed by atoms with Gasteiger partial charge in [0.1, 0.15) is 17.6 Å². The number of nitrogens with zero attached hydrogens (tertiary/aromatic N) is 4. The molecule has 1 saturated heterocycles. The minimum atomic E-state index is -4.07. The lowest BCUT2D eigenvalue weighted by Gasteiger charge is -2.40. The van der Waals surface area contributed by atoms with E-state index in [2.05, 4.69) is 15.3 Å². The lowest BCUT2D eigenvalue weighted by molar-refractivity contribution is -0.138. The zero-order chi connectivity index (χ0) is 30.3. The van der Waals surface area contributed by atoms with E-state index >= 15 is 0 Å². The smallest absolute Gasteiger partial charge is 0.322 e. The third-order valence-corrected chi connectivity index (χ3v) is 10.5. The zero-order valence-electron chi connectivity index (χ0n) is 22.4. The average Bonchev–Trinajstić information content (AvgIpc) is 3.55. The van der Waals surface area contributed by atoms with E-state index < -0.39 is 52.3 Å². The summed E-state index contributed by atoms with van der Waals surface area (Å²) in [6.45, 7) is -0.427. The van der Waals surface area contributed by atoms with Gasteiger partial charge in [0.2, 0.25) is 11.8 Å². The Morgan fingerprint density at radius 3 is 2.69 bits per heavy atom. The fourth-order valence-electron chi connectivity index (χ4n) is 5.23. The molecular weight excluding hydrogens is 610 g/mol. The molecule has 0 bridgehead atoms. The Kier molecular flexibility index (Phi) is 8.26. The van der Waals surface area contributed by atoms with Crippen LogP contribution in [0, 0.1) is 0 Å². The van der Waals surface area contributed by atoms with Crippen molar-refractivity contribution < 1.29 is 32.7 Å². The van der Waals surface area contributed by atoms with Crippen LogP contribution in [0.1, 0.15) is 32.8 Å². The number of benzene rings is 1. The molecular formula is C25H28ClN7O7S2. The van der Waals surface area contributed by atoms with Gasteiger partial charge in [0.05, 0.1) is 16.6 Å². The summed E-state index contributed by atoms with van der Waals surface area (Å²) in [5.74, 6) is -2.99. The van der Waals surface area contributed by atoms with E-state index in [1.807, 2.05) is 0 Å². The molecule has 2 unspecified atom stereocenters. The maximum Gasteiger partial charge on any atom is 0.322 e. The number of rotatable bonds is 8. The minimum Gasteiger partial charge on any atom is -0.480 e. The fourth-order valence-corrected chi connectivity index (χ4v) is 8.14. The summed E-state index contributed by atoms with van der Waals surface area (Å²) in [5, 5.41) is 12.3. The number of carbonyl (C=O) groups is 4. The second kappa shape index (κ2) is 11.6. The number of carboxylic acid groups (broad SMARTS) is 1. The molecule has 2 aromatic heterocycles. The molecule has 5 rings (SSSR count). The van der Waals surface area contributed by atoms with Crippen LogP contribution < -0.4 is 11.1 Å². The van der Waals surface area contributed by atoms with E-state index in [1.165, 1.54) is 15.3 Å². The van der Waals surface area contributed by atoms with Gasteiger partial charge in [-0.05, 0) is 31.3 Å². The molecule has 5 N–H and O–H groups in total. The summed E-state index contributed by atoms with van der Waals surface area (Å²) in [5.41, 5.74) is 6.78. The number of aromatic amines is 1. The molecule has 2 aliphatic heterocycles. The Bertz CT molecular complexity index is 1690. The number of thiazole rings is 1. The van der Waals surface area contributed by atoms with Crippen molar-refractivity contribution in [1.29, 1.82) is 0 Å². The van der Waals surface area contributed by atoms with Crippen molar-refractivity contribution in [3.8, 4) is 0 Å². The van der Waals surface area contributed by atoms with Gasteiger partial charge >= 0.3 is 5.97 Å². The van der Waals surface area contributed by atoms with Crippen LogP contribution in [0.5, 0.6) is 0 Å². The Hall–Kier alpha value is -3.57. The Morgan fingerprint density at radius 1 is 1.21 bits per heavy atom. The topological polar surface area (TPSA) is 199 Å². The van der Waals surface area contributed by atoms with E-state index in [-0.39, 0.29) is 36.1 Å². The highest BCUT2D eigenvalue weighted by molar-refractivity contribution is 7.89. The normalized spacial score (nSPS) is 19.9. The number of piperazine rings is 1. The number of carbonyl (C=O) groups excluding carboxylic acids is 3. The number of primary amides is 1. The second-order valence-corrected chi connectivity index (χ2v) is 13.5. The third-order valence-electron chi connectivity index (χ3n) is 7.31. The summed E-state index contributed by atoms with van der Waals surface area (Å²) >= 11 is 7.10. The molecule has 3 amide bonds. The molecule has 0 spiro atoms. The fraction of sp³-hybridized carbons (Fsp3) is 0.400. The first kappa shape index (κ1) is 29.9. The second-order valence-electron chi connectivity index (χ2n) is 10.1. The predicted octanol–water partition coefficient (Wildman–Crippen LogP) is 0.398. The molecule has 0 radical (unpaired) electrons. The van der Waals surface area contributed by atoms with Crippen molar-refractivity contribution in [2.45, 2.75) is 30.0 Å². The van der Waals surface area contributed by atoms with Gasteiger partial charge in [0.25, 0.3) is 15.9 Å². The predicted molar refractivity (Wildman–Crippen MR) is 153 cm³/mol. The lowest BCUT2D eigenvalue weighted by Crippen LogP contribution is -2.57. The number of hydrogen-bond acceptors (Lipinski definition) is 9. The first-order chi connectivity index (χ1) is 19.8. The van der Waals surface area contributed by atoms with Gasteiger partial charge in [-0.1, -0.05) is 11.6 Å². The number of aromatic nitrogens is 2. The van der Waals surface area contributed by atoms with E-state index in [4.69, 9.17) is 22.4 Å². The van der Waals surface area contributed by atoms with Gasteiger partial charge in [-0.3, -0.25) is 24.1 Å². The quantitative estimate of drug-likeness (QED) is 0.270. The summed E-state index contributed by atoms with van der Waals surface area (Å²) in [6, 6.07) is 4.74. The highest BCUT2D eigenvalue weighted by Crippen LogP contribution is 2.34. The number of fused-ring (bicyclic) bond motifs is 2. The maximum atomic E-state index is 13.7. The summed E-state index contributed by atoms with van der Waals surface area (Å²) < 4.78 is 28.4. The van der Waals surface area contributed by atoms with Crippen LogP contribution in [0.3, 0.4) is 0 Å². The molecule has 1 aromatic carbocycles. The zero-order valence-corrected chi connectivity index (χ0v) is 24.8. The van der Waals surface area contributed by atoms with Crippen molar-refractivity contribution in [2.75, 3.05) is 39.8 Å². The maximum absolute atomic E-state index is 13.7. The van der Waals surface area contributed by atoms with E-state index in [0.29, 0.717) is 39.5 Å². The van der Waals surface area contributed by atoms with Crippen LogP contribution in [0.4, 0.5) is 0 Å². The molecule has 224 valence electrons. The van der Waals surface area contributed by atoms with Crippen LogP contribution in [0.2, 0.25) is 5.02 Å². The third kappa shape index (κ3) is 5.85. The molecule has 1 fully saturated rings. The van der Waals surface area contributed by atoms with Gasteiger partial charge in [-0.2, -0.15) is 4.31 Å². The van der Waals surface area contributed by atoms with Gasteiger partial charge in [-0.25, -0.2) is 13.4 Å². The van der Waals surface area contributed by atoms with Crippen LogP contribution >= 0.6 is 22.9 Å². The molecule has 2 aliphatic rings. The Morgan fingerprint density at radius 2 is 1.98 bits per heavy atom. The number of sulfonamides is 1. The van der Waals surface area contributed by atoms with Crippen molar-refractivity contribution in [3.63, 3.8) is 0 Å². The Balaban J connectivity index is 1.42. The van der Waals surface area contributed by atoms with Gasteiger partial charge < -0.3 is 26.0 Å². The lowest BCUT2D eigenvalue weighted by atomic mass is 10.1. The number of carboxylic acids is 1. The largest absolute Gasteiger partial charge is 0.480 e. The van der Waals surface area contributed by atoms with E-state index in [9.17, 15) is 27.6 Å². The molecule has 0 aliphatic carbocycles. The molecule has 42 heavy (non-hydrogen) atoms. The SMILES string of the molecule is CN1CCc2nc(C(=O)N3CCN(S(=O)(=O)c4cc5cc(Cl)ccc5[nH]4)CC3CC(=O)NCC(=O)O)sc2C1C(N)=O. The molecule has 4 heterocycles. The summed E-state index contributed by atoms with van der Waals surface area (Å²) in [6.07, 6.45) is 0.174. The number of nitrogens with one attached hydrogen (secondary N) is 2. The molecule has 0 saturated carbocycles. The molecule has 3 aromatic rings. The summed E-state index contributed by atoms with van der Waals surface area (Å²) in [7, 11) is -2.31. The van der Waals surface area contributed by atoms with Crippen LogP contribution in [-0.2, 0) is 30.8 Å². The van der Waals surface area contributed by atoms with E-state index in [1.54, 1.807) is 30.1 Å². The number of hydrogen-bond donors (Lipinski definition) is 4. The highest BCUT2D eigenvalue weighted by Gasteiger charge is 2.40. The van der Waals surface area contributed by atoms with Gasteiger partial charge in [0.15, 0.2) is 5.01 Å². The number of aliphatic carboxylic acids is 1. The van der Waals surface area contributed by atoms with Crippen molar-refractivity contribution in [1.82, 2.24) is 29.4 Å². The monoisotopic (exact) mass is 637 g/mol. The first-order valence-corrected chi connectivity index (χ1v) is 15.6. The number of halogens is 1. The van der Waals surface area contributed by atoms with E-state index in [0.717, 1.165) is 11.3 Å². The molecule has 17 heteroatoms. The standard InChI is InChI=1S/C25H28ClN7O7S2/c1-31-5-4-17-22(21(31)23(27)37)41-24(30-17)25(38)33-7-6-32(12-15(33)10-18(34)28-11-20(35)36)42(39,40)19-9-13-8-14(26)2-3-16(13)29-19/h2-3,8-9,15,21,29H,4-7,10-12H2,1H3,(H2,27,37)(H,28,34)(H,35,36). The average molecular weight is 638 g/mol. The minimum absolute atomic E-state index is 0.0512. The highest BCUT2D eigenvalue weighted by atomic mass is 35.5. The van der Waals surface area contributed by atoms with Crippen molar-refractivity contribution in [2.24, 2.45) is 5.73 Å². The van der Waals surface area contributed by atoms with Crippen LogP contribution in [-0.4, -0.2) is 107 Å².